The molecule has 0 aliphatic heterocycles. The Hall–Kier alpha value is -2.77. The Balaban J connectivity index is 2.76. The number of aryl methyl sites for hydroxylation is 1. The third kappa shape index (κ3) is 1.79. The van der Waals surface area contributed by atoms with E-state index in [1.54, 1.807) is 31.2 Å². The highest BCUT2D eigenvalue weighted by molar-refractivity contribution is 5.80. The lowest BCUT2D eigenvalue weighted by Gasteiger charge is -2.02. The lowest BCUT2D eigenvalue weighted by Crippen LogP contribution is -1.94. The van der Waals surface area contributed by atoms with Crippen molar-refractivity contribution in [3.63, 3.8) is 0 Å². The number of aromatic nitrogens is 2. The van der Waals surface area contributed by atoms with Crippen LogP contribution >= 0.6 is 0 Å². The summed E-state index contributed by atoms with van der Waals surface area (Å²) >= 11 is 0. The smallest absolute Gasteiger partial charge is 0.358 e. The van der Waals surface area contributed by atoms with Gasteiger partial charge in [0.05, 0.1) is 0 Å². The van der Waals surface area contributed by atoms with Gasteiger partial charge in [0.1, 0.15) is 5.10 Å². The van der Waals surface area contributed by atoms with Gasteiger partial charge in [0.15, 0.2) is 5.56 Å². The van der Waals surface area contributed by atoms with Gasteiger partial charge in [-0.1, -0.05) is 24.3 Å². The Morgan fingerprint density at radius 1 is 1.17 bits per heavy atom. The maximum absolute atomic E-state index is 10.9. The first kappa shape index (κ1) is 11.7. The number of aromatic amines is 1. The Kier molecular flexibility index (Phi) is 2.76. The summed E-state index contributed by atoms with van der Waals surface area (Å²) in [5.74, 6) is -1.02. The van der Waals surface area contributed by atoms with E-state index < -0.39 is 21.5 Å². The molecular formula is C10H8N4O4. The van der Waals surface area contributed by atoms with Crippen LogP contribution in [0.5, 0.6) is 0 Å². The Morgan fingerprint density at radius 3 is 2.39 bits per heavy atom. The highest BCUT2D eigenvalue weighted by atomic mass is 16.6. The van der Waals surface area contributed by atoms with Gasteiger partial charge in [-0.25, -0.2) is 0 Å². The van der Waals surface area contributed by atoms with Crippen LogP contribution in [0.4, 0.5) is 11.6 Å². The van der Waals surface area contributed by atoms with Gasteiger partial charge >= 0.3 is 11.6 Å². The second-order valence-corrected chi connectivity index (χ2v) is 3.60. The minimum absolute atomic E-state index is 0.0944. The maximum Gasteiger partial charge on any atom is 0.428 e. The Morgan fingerprint density at radius 2 is 1.83 bits per heavy atom. The zero-order chi connectivity index (χ0) is 13.3. The number of nitrogens with one attached hydrogen (secondary N) is 1. The molecule has 0 atom stereocenters. The van der Waals surface area contributed by atoms with Crippen molar-refractivity contribution >= 4 is 11.6 Å². The summed E-state index contributed by atoms with van der Waals surface area (Å²) in [4.78, 5) is 20.2. The molecule has 1 aromatic carbocycles. The molecule has 1 heterocycles. The summed E-state index contributed by atoms with van der Waals surface area (Å²) in [6, 6.07) is 6.70. The van der Waals surface area contributed by atoms with Gasteiger partial charge in [-0.15, -0.1) is 0 Å². The second kappa shape index (κ2) is 4.24. The van der Waals surface area contributed by atoms with Crippen molar-refractivity contribution in [2.24, 2.45) is 0 Å². The second-order valence-electron chi connectivity index (χ2n) is 3.60. The average molecular weight is 248 g/mol. The quantitative estimate of drug-likeness (QED) is 0.660. The van der Waals surface area contributed by atoms with Gasteiger partial charge in [-0.05, 0) is 27.4 Å². The molecule has 2 rings (SSSR count). The fourth-order valence-electron chi connectivity index (χ4n) is 1.69. The van der Waals surface area contributed by atoms with Crippen LogP contribution in [0.25, 0.3) is 11.1 Å². The topological polar surface area (TPSA) is 115 Å². The van der Waals surface area contributed by atoms with Crippen LogP contribution in [0.15, 0.2) is 24.3 Å². The van der Waals surface area contributed by atoms with E-state index >= 15 is 0 Å². The number of H-pyrrole nitrogens is 1. The predicted octanol–water partition coefficient (Wildman–Crippen LogP) is 2.20. The van der Waals surface area contributed by atoms with Crippen molar-refractivity contribution < 1.29 is 9.85 Å². The summed E-state index contributed by atoms with van der Waals surface area (Å²) in [6.07, 6.45) is 0. The maximum atomic E-state index is 10.9. The molecule has 1 aromatic heterocycles. The van der Waals surface area contributed by atoms with E-state index in [2.05, 4.69) is 10.2 Å². The minimum atomic E-state index is -0.745. The molecule has 0 amide bonds. The van der Waals surface area contributed by atoms with Crippen molar-refractivity contribution in [3.8, 4) is 11.1 Å². The molecule has 2 aromatic rings. The molecule has 8 nitrogen and oxygen atoms in total. The van der Waals surface area contributed by atoms with Gasteiger partial charge in [-0.3, -0.25) is 0 Å². The lowest BCUT2D eigenvalue weighted by molar-refractivity contribution is -0.392. The fraction of sp³-hybridized carbons (Fsp3) is 0.100. The zero-order valence-corrected chi connectivity index (χ0v) is 9.28. The van der Waals surface area contributed by atoms with E-state index in [9.17, 15) is 20.2 Å². The van der Waals surface area contributed by atoms with Crippen molar-refractivity contribution in [2.75, 3.05) is 0 Å². The standard InChI is InChI=1S/C10H8N4O4/c1-6-4-2-3-5-7(6)8-9(13(15)16)11-12-10(8)14(17)18/h2-5H,1H3,(H,11,12). The average Bonchev–Trinajstić information content (AvgIpc) is 2.74. The van der Waals surface area contributed by atoms with Crippen LogP contribution in [0.3, 0.4) is 0 Å². The number of hydrogen-bond acceptors (Lipinski definition) is 5. The summed E-state index contributed by atoms with van der Waals surface area (Å²) in [5.41, 5.74) is 1.03. The number of benzene rings is 1. The van der Waals surface area contributed by atoms with Crippen molar-refractivity contribution in [3.05, 3.63) is 50.1 Å². The molecule has 0 saturated carbocycles. The molecule has 8 heteroatoms. The van der Waals surface area contributed by atoms with Crippen LogP contribution < -0.4 is 0 Å². The third-order valence-electron chi connectivity index (χ3n) is 2.50. The molecule has 0 aliphatic rings. The zero-order valence-electron chi connectivity index (χ0n) is 9.28. The molecule has 18 heavy (non-hydrogen) atoms. The highest BCUT2D eigenvalue weighted by Gasteiger charge is 2.33. The van der Waals surface area contributed by atoms with E-state index in [0.29, 0.717) is 11.1 Å². The normalized spacial score (nSPS) is 10.3. The molecule has 0 radical (unpaired) electrons. The van der Waals surface area contributed by atoms with E-state index in [0.717, 1.165) is 0 Å². The SMILES string of the molecule is Cc1ccccc1-c1c([N+](=O)[O-])n[nH]c1[N+](=O)[O-]. The van der Waals surface area contributed by atoms with Crippen molar-refractivity contribution in [1.82, 2.24) is 10.2 Å². The van der Waals surface area contributed by atoms with Gasteiger partial charge in [-0.2, -0.15) is 0 Å². The fourth-order valence-corrected chi connectivity index (χ4v) is 1.69. The molecule has 0 bridgehead atoms. The van der Waals surface area contributed by atoms with Crippen molar-refractivity contribution in [2.45, 2.75) is 6.92 Å². The van der Waals surface area contributed by atoms with Crippen LogP contribution in [0.2, 0.25) is 0 Å². The van der Waals surface area contributed by atoms with E-state index in [4.69, 9.17) is 0 Å². The van der Waals surface area contributed by atoms with Crippen LogP contribution in [-0.4, -0.2) is 20.0 Å². The molecule has 0 saturated heterocycles. The first-order chi connectivity index (χ1) is 8.52. The Bertz CT molecular complexity index is 603. The van der Waals surface area contributed by atoms with Crippen LogP contribution in [0.1, 0.15) is 5.56 Å². The Labute approximate surface area is 101 Å². The summed E-state index contributed by atoms with van der Waals surface area (Å²) in [7, 11) is 0. The predicted molar refractivity (Wildman–Crippen MR) is 62.1 cm³/mol. The number of hydrogen-bond donors (Lipinski definition) is 1. The van der Waals surface area contributed by atoms with E-state index in [1.165, 1.54) is 0 Å². The summed E-state index contributed by atoms with van der Waals surface area (Å²) in [6.45, 7) is 1.72. The van der Waals surface area contributed by atoms with Crippen LogP contribution in [0, 0.1) is 27.2 Å². The van der Waals surface area contributed by atoms with Crippen LogP contribution in [-0.2, 0) is 0 Å². The molecule has 0 unspecified atom stereocenters. The van der Waals surface area contributed by atoms with Crippen molar-refractivity contribution in [1.29, 1.82) is 0 Å². The molecule has 0 spiro atoms. The first-order valence-corrected chi connectivity index (χ1v) is 4.95. The number of rotatable bonds is 3. The summed E-state index contributed by atoms with van der Waals surface area (Å²) in [5, 5.41) is 27.2. The molecular weight excluding hydrogens is 240 g/mol. The van der Waals surface area contributed by atoms with Gasteiger partial charge in [0.2, 0.25) is 0 Å². The highest BCUT2D eigenvalue weighted by Crippen LogP contribution is 2.37. The number of nitrogens with zero attached hydrogens (tertiary/aromatic N) is 3. The molecule has 92 valence electrons. The monoisotopic (exact) mass is 248 g/mol. The third-order valence-corrected chi connectivity index (χ3v) is 2.50. The first-order valence-electron chi connectivity index (χ1n) is 4.95. The van der Waals surface area contributed by atoms with E-state index in [1.807, 2.05) is 0 Å². The minimum Gasteiger partial charge on any atom is -0.358 e. The number of nitro groups is 2. The van der Waals surface area contributed by atoms with Gasteiger partial charge < -0.3 is 20.2 Å². The lowest BCUT2D eigenvalue weighted by atomic mass is 10.0. The molecule has 0 aliphatic carbocycles. The largest absolute Gasteiger partial charge is 0.428 e. The molecule has 0 fully saturated rings. The van der Waals surface area contributed by atoms with E-state index in [-0.39, 0.29) is 5.56 Å². The van der Waals surface area contributed by atoms with Gasteiger partial charge in [0.25, 0.3) is 0 Å². The summed E-state index contributed by atoms with van der Waals surface area (Å²) < 4.78 is 0. The van der Waals surface area contributed by atoms with Gasteiger partial charge in [0, 0.05) is 5.56 Å². The molecule has 1 N–H and O–H groups in total.